The van der Waals surface area contributed by atoms with Gasteiger partial charge in [0, 0.05) is 18.2 Å². The Hall–Kier alpha value is -0.0800. The predicted octanol–water partition coefficient (Wildman–Crippen LogP) is 2.96. The average Bonchev–Trinajstić information content (AvgIpc) is 2.82. The molecule has 0 bridgehead atoms. The van der Waals surface area contributed by atoms with Crippen molar-refractivity contribution in [1.82, 2.24) is 4.90 Å². The molecule has 0 spiro atoms. The highest BCUT2D eigenvalue weighted by Gasteiger charge is 2.54. The van der Waals surface area contributed by atoms with Crippen LogP contribution in [0.3, 0.4) is 0 Å². The maximum Gasteiger partial charge on any atom is 0.0748 e. The van der Waals surface area contributed by atoms with Crippen LogP contribution >= 0.6 is 0 Å². The number of nitrogens with zero attached hydrogens (tertiary/aromatic N) is 1. The summed E-state index contributed by atoms with van der Waals surface area (Å²) in [5.41, 5.74) is 0.551. The van der Waals surface area contributed by atoms with Gasteiger partial charge in [-0.2, -0.15) is 0 Å². The van der Waals surface area contributed by atoms with Gasteiger partial charge < -0.3 is 4.74 Å². The van der Waals surface area contributed by atoms with Crippen molar-refractivity contribution in [2.45, 2.75) is 76.0 Å². The summed E-state index contributed by atoms with van der Waals surface area (Å²) in [6.07, 6.45) is 11.6. The Labute approximate surface area is 99.3 Å². The van der Waals surface area contributed by atoms with Crippen molar-refractivity contribution in [3.05, 3.63) is 0 Å². The van der Waals surface area contributed by atoms with E-state index in [4.69, 9.17) is 4.74 Å². The van der Waals surface area contributed by atoms with Gasteiger partial charge in [0.05, 0.1) is 6.10 Å². The summed E-state index contributed by atoms with van der Waals surface area (Å²) in [4.78, 5) is 2.84. The smallest absolute Gasteiger partial charge is 0.0748 e. The highest BCUT2D eigenvalue weighted by atomic mass is 16.5. The molecule has 0 aromatic rings. The van der Waals surface area contributed by atoms with Gasteiger partial charge in [-0.25, -0.2) is 0 Å². The van der Waals surface area contributed by atoms with Crippen LogP contribution in [0.5, 0.6) is 0 Å². The third kappa shape index (κ3) is 1.62. The van der Waals surface area contributed by atoms with E-state index < -0.39 is 0 Å². The van der Waals surface area contributed by atoms with Gasteiger partial charge in [0.15, 0.2) is 0 Å². The van der Waals surface area contributed by atoms with E-state index in [1.165, 1.54) is 57.9 Å². The van der Waals surface area contributed by atoms with E-state index >= 15 is 0 Å². The van der Waals surface area contributed by atoms with Crippen molar-refractivity contribution in [2.24, 2.45) is 0 Å². The Kier molecular flexibility index (Phi) is 2.97. The zero-order valence-corrected chi connectivity index (χ0v) is 10.6. The van der Waals surface area contributed by atoms with E-state index in [0.29, 0.717) is 11.6 Å². The molecule has 0 aromatic carbocycles. The summed E-state index contributed by atoms with van der Waals surface area (Å²) in [5.74, 6) is 0. The number of ether oxygens (including phenoxy) is 1. The third-order valence-corrected chi connectivity index (χ3v) is 5.03. The van der Waals surface area contributed by atoms with Gasteiger partial charge in [-0.3, -0.25) is 4.90 Å². The maximum absolute atomic E-state index is 6.00. The molecule has 3 fully saturated rings. The molecule has 3 atom stereocenters. The van der Waals surface area contributed by atoms with Crippen LogP contribution < -0.4 is 0 Å². The molecular weight excluding hydrogens is 198 g/mol. The Morgan fingerprint density at radius 1 is 1.38 bits per heavy atom. The van der Waals surface area contributed by atoms with Crippen LogP contribution in [-0.2, 0) is 4.74 Å². The van der Waals surface area contributed by atoms with Crippen LogP contribution in [0.15, 0.2) is 0 Å². The monoisotopic (exact) mass is 223 g/mol. The van der Waals surface area contributed by atoms with Gasteiger partial charge in [-0.05, 0) is 45.1 Å². The van der Waals surface area contributed by atoms with Crippen LogP contribution in [0, 0.1) is 0 Å². The van der Waals surface area contributed by atoms with Crippen molar-refractivity contribution >= 4 is 0 Å². The first-order valence-electron chi connectivity index (χ1n) is 7.24. The zero-order valence-electron chi connectivity index (χ0n) is 10.6. The highest BCUT2D eigenvalue weighted by molar-refractivity contribution is 5.09. The largest absolute Gasteiger partial charge is 0.377 e. The predicted molar refractivity (Wildman–Crippen MR) is 65.6 cm³/mol. The topological polar surface area (TPSA) is 12.5 Å². The lowest BCUT2D eigenvalue weighted by molar-refractivity contribution is -0.0111. The van der Waals surface area contributed by atoms with E-state index in [0.717, 1.165) is 12.6 Å². The van der Waals surface area contributed by atoms with Crippen LogP contribution in [0.1, 0.15) is 58.3 Å². The molecule has 0 amide bonds. The molecule has 0 saturated carbocycles. The number of hydrogen-bond acceptors (Lipinski definition) is 2. The number of hydrogen-bond donors (Lipinski definition) is 0. The van der Waals surface area contributed by atoms with Crippen molar-refractivity contribution in [3.63, 3.8) is 0 Å². The number of fused-ring (bicyclic) bond motifs is 3. The summed E-state index contributed by atoms with van der Waals surface area (Å²) in [7, 11) is 0. The second-order valence-electron chi connectivity index (χ2n) is 5.95. The van der Waals surface area contributed by atoms with Crippen LogP contribution in [0.4, 0.5) is 0 Å². The molecule has 92 valence electrons. The minimum Gasteiger partial charge on any atom is -0.377 e. The quantitative estimate of drug-likeness (QED) is 0.729. The number of rotatable bonds is 3. The van der Waals surface area contributed by atoms with E-state index in [-0.39, 0.29) is 0 Å². The van der Waals surface area contributed by atoms with Gasteiger partial charge in [0.25, 0.3) is 0 Å². The van der Waals surface area contributed by atoms with Crippen LogP contribution in [-0.4, -0.2) is 35.7 Å². The molecule has 3 saturated heterocycles. The molecule has 0 radical (unpaired) electrons. The fourth-order valence-electron chi connectivity index (χ4n) is 4.32. The van der Waals surface area contributed by atoms with Gasteiger partial charge >= 0.3 is 0 Å². The third-order valence-electron chi connectivity index (χ3n) is 5.03. The van der Waals surface area contributed by atoms with Gasteiger partial charge in [0.1, 0.15) is 0 Å². The minimum atomic E-state index is 0.551. The minimum absolute atomic E-state index is 0.551. The molecular formula is C14H25NO. The molecule has 3 rings (SSSR count). The summed E-state index contributed by atoms with van der Waals surface area (Å²) in [5, 5.41) is 0. The lowest BCUT2D eigenvalue weighted by Gasteiger charge is -2.36. The lowest BCUT2D eigenvalue weighted by atomic mass is 9.87. The molecule has 3 aliphatic rings. The maximum atomic E-state index is 6.00. The van der Waals surface area contributed by atoms with Crippen molar-refractivity contribution in [3.8, 4) is 0 Å². The zero-order chi connectivity index (χ0) is 11.0. The fraction of sp³-hybridized carbons (Fsp3) is 1.00. The number of unbranched alkanes of at least 4 members (excludes halogenated alkanes) is 1. The highest BCUT2D eigenvalue weighted by Crippen LogP contribution is 2.48. The first kappa shape index (κ1) is 11.0. The molecule has 0 aromatic heterocycles. The Balaban J connectivity index is 1.76. The van der Waals surface area contributed by atoms with Crippen molar-refractivity contribution in [1.29, 1.82) is 0 Å². The van der Waals surface area contributed by atoms with E-state index in [2.05, 4.69) is 11.8 Å². The van der Waals surface area contributed by atoms with Crippen molar-refractivity contribution < 1.29 is 4.74 Å². The summed E-state index contributed by atoms with van der Waals surface area (Å²) in [6.45, 7) is 4.67. The van der Waals surface area contributed by atoms with Crippen molar-refractivity contribution in [2.75, 3.05) is 13.2 Å². The van der Waals surface area contributed by atoms with E-state index in [1.54, 1.807) is 0 Å². The Bertz CT molecular complexity index is 255. The van der Waals surface area contributed by atoms with Crippen LogP contribution in [0.25, 0.3) is 0 Å². The van der Waals surface area contributed by atoms with E-state index in [1.807, 2.05) is 0 Å². The molecule has 0 N–H and O–H groups in total. The van der Waals surface area contributed by atoms with E-state index in [9.17, 15) is 0 Å². The molecule has 16 heavy (non-hydrogen) atoms. The van der Waals surface area contributed by atoms with Gasteiger partial charge in [-0.1, -0.05) is 19.8 Å². The summed E-state index contributed by atoms with van der Waals surface area (Å²) in [6, 6.07) is 0.771. The first-order valence-corrected chi connectivity index (χ1v) is 7.24. The first-order chi connectivity index (χ1) is 7.86. The second kappa shape index (κ2) is 4.30. The lowest BCUT2D eigenvalue weighted by Crippen LogP contribution is -2.44. The van der Waals surface area contributed by atoms with Gasteiger partial charge in [-0.15, -0.1) is 0 Å². The Morgan fingerprint density at radius 3 is 3.19 bits per heavy atom. The molecule has 0 aliphatic carbocycles. The molecule has 3 unspecified atom stereocenters. The SMILES string of the molecule is CCCCC12CCCN1C1CCCOC1C2. The normalized spacial score (nSPS) is 43.3. The summed E-state index contributed by atoms with van der Waals surface area (Å²) >= 11 is 0. The summed E-state index contributed by atoms with van der Waals surface area (Å²) < 4.78 is 6.00. The average molecular weight is 223 g/mol. The molecule has 2 heteroatoms. The molecule has 3 aliphatic heterocycles. The molecule has 3 heterocycles. The second-order valence-corrected chi connectivity index (χ2v) is 5.95. The Morgan fingerprint density at radius 2 is 2.31 bits per heavy atom. The van der Waals surface area contributed by atoms with Gasteiger partial charge in [0.2, 0.25) is 0 Å². The van der Waals surface area contributed by atoms with Crippen LogP contribution in [0.2, 0.25) is 0 Å². The standard InChI is InChI=1S/C14H25NO/c1-2-3-7-14-8-5-9-15(14)12-6-4-10-16-13(12)11-14/h12-13H,2-11H2,1H3. The fourth-order valence-corrected chi connectivity index (χ4v) is 4.32. The molecule has 2 nitrogen and oxygen atoms in total.